The minimum Gasteiger partial charge on any atom is -0.464 e. The number of hydrogen-bond acceptors (Lipinski definition) is 3. The lowest BCUT2D eigenvalue weighted by Crippen LogP contribution is -2.49. The molecule has 0 saturated heterocycles. The maximum Gasteiger partial charge on any atom is 0.331 e. The van der Waals surface area contributed by atoms with Crippen LogP contribution in [0.3, 0.4) is 0 Å². The third kappa shape index (κ3) is 3.48. The van der Waals surface area contributed by atoms with E-state index >= 15 is 0 Å². The molecule has 4 heteroatoms. The number of rotatable bonds is 5. The molecular formula is C14H20BrNO2. The lowest BCUT2D eigenvalue weighted by Gasteiger charge is -2.33. The van der Waals surface area contributed by atoms with Crippen LogP contribution in [0.1, 0.15) is 27.7 Å². The maximum absolute atomic E-state index is 12.1. The van der Waals surface area contributed by atoms with E-state index in [9.17, 15) is 4.79 Å². The summed E-state index contributed by atoms with van der Waals surface area (Å²) in [5, 5.41) is 3.27. The Morgan fingerprint density at radius 2 is 1.94 bits per heavy atom. The maximum atomic E-state index is 12.1. The minimum atomic E-state index is -0.718. The lowest BCUT2D eigenvalue weighted by molar-refractivity contribution is -0.149. The Bertz CT molecular complexity index is 403. The van der Waals surface area contributed by atoms with Gasteiger partial charge in [-0.25, -0.2) is 4.79 Å². The van der Waals surface area contributed by atoms with E-state index in [0.717, 1.165) is 10.2 Å². The molecule has 0 bridgehead atoms. The largest absolute Gasteiger partial charge is 0.464 e. The molecule has 0 spiro atoms. The Morgan fingerprint density at radius 3 is 2.39 bits per heavy atom. The third-order valence-corrected chi connectivity index (χ3v) is 3.63. The predicted molar refractivity (Wildman–Crippen MR) is 77.6 cm³/mol. The zero-order valence-electron chi connectivity index (χ0n) is 11.3. The van der Waals surface area contributed by atoms with Gasteiger partial charge in [-0.15, -0.1) is 0 Å². The highest BCUT2D eigenvalue weighted by Crippen LogP contribution is 2.25. The molecule has 0 aliphatic carbocycles. The van der Waals surface area contributed by atoms with Crippen molar-refractivity contribution in [1.29, 1.82) is 0 Å². The molecule has 1 aromatic rings. The smallest absolute Gasteiger partial charge is 0.331 e. The second-order valence-electron chi connectivity index (χ2n) is 4.71. The summed E-state index contributed by atoms with van der Waals surface area (Å²) < 4.78 is 6.16. The van der Waals surface area contributed by atoms with Crippen LogP contribution in [-0.2, 0) is 9.53 Å². The van der Waals surface area contributed by atoms with E-state index in [1.54, 1.807) is 0 Å². The zero-order chi connectivity index (χ0) is 13.8. The summed E-state index contributed by atoms with van der Waals surface area (Å²) in [6, 6.07) is 7.75. The van der Waals surface area contributed by atoms with Crippen molar-refractivity contribution in [1.82, 2.24) is 0 Å². The van der Waals surface area contributed by atoms with Crippen LogP contribution in [0.5, 0.6) is 0 Å². The van der Waals surface area contributed by atoms with Crippen LogP contribution in [0.2, 0.25) is 0 Å². The Hall–Kier alpha value is -1.03. The first-order valence-corrected chi connectivity index (χ1v) is 6.90. The fourth-order valence-corrected chi connectivity index (χ4v) is 1.81. The Balaban J connectivity index is 2.92. The molecular weight excluding hydrogens is 294 g/mol. The van der Waals surface area contributed by atoms with Crippen LogP contribution in [0.25, 0.3) is 0 Å². The standard InChI is InChI=1S/C14H20BrNO2/c1-5-18-13(17)14(4,10(2)3)16-12-8-6-11(15)7-9-12/h6-10,16H,5H2,1-4H3. The van der Waals surface area contributed by atoms with Crippen molar-refractivity contribution in [3.63, 3.8) is 0 Å². The molecule has 0 aliphatic rings. The van der Waals surface area contributed by atoms with Crippen molar-refractivity contribution in [3.8, 4) is 0 Å². The Kier molecular flexibility index (Phi) is 5.20. The number of carbonyl (C=O) groups is 1. The van der Waals surface area contributed by atoms with Gasteiger partial charge in [0, 0.05) is 10.2 Å². The monoisotopic (exact) mass is 313 g/mol. The van der Waals surface area contributed by atoms with Crippen LogP contribution in [0.15, 0.2) is 28.7 Å². The van der Waals surface area contributed by atoms with Crippen molar-refractivity contribution in [2.45, 2.75) is 33.2 Å². The molecule has 0 heterocycles. The van der Waals surface area contributed by atoms with Gasteiger partial charge in [0.1, 0.15) is 5.54 Å². The molecule has 0 radical (unpaired) electrons. The summed E-state index contributed by atoms with van der Waals surface area (Å²) in [6.45, 7) is 8.09. The summed E-state index contributed by atoms with van der Waals surface area (Å²) in [7, 11) is 0. The number of hydrogen-bond donors (Lipinski definition) is 1. The van der Waals surface area contributed by atoms with Crippen LogP contribution < -0.4 is 5.32 Å². The van der Waals surface area contributed by atoms with Crippen molar-refractivity contribution in [2.75, 3.05) is 11.9 Å². The molecule has 1 atom stereocenters. The third-order valence-electron chi connectivity index (χ3n) is 3.10. The van der Waals surface area contributed by atoms with Gasteiger partial charge >= 0.3 is 5.97 Å². The Labute approximate surface area is 117 Å². The van der Waals surface area contributed by atoms with Gasteiger partial charge in [-0.3, -0.25) is 0 Å². The zero-order valence-corrected chi connectivity index (χ0v) is 12.9. The molecule has 18 heavy (non-hydrogen) atoms. The first-order chi connectivity index (χ1) is 8.40. The molecule has 0 fully saturated rings. The molecule has 1 rings (SSSR count). The SMILES string of the molecule is CCOC(=O)C(C)(Nc1ccc(Br)cc1)C(C)C. The average molecular weight is 314 g/mol. The van der Waals surface area contributed by atoms with Gasteiger partial charge in [-0.05, 0) is 44.0 Å². The average Bonchev–Trinajstić information content (AvgIpc) is 2.32. The van der Waals surface area contributed by atoms with Gasteiger partial charge in [0.05, 0.1) is 6.61 Å². The number of esters is 1. The second kappa shape index (κ2) is 6.23. The van der Waals surface area contributed by atoms with E-state index < -0.39 is 5.54 Å². The van der Waals surface area contributed by atoms with E-state index in [1.165, 1.54) is 0 Å². The molecule has 3 nitrogen and oxygen atoms in total. The summed E-state index contributed by atoms with van der Waals surface area (Å²) in [4.78, 5) is 12.1. The molecule has 0 aromatic heterocycles. The number of carbonyl (C=O) groups excluding carboxylic acids is 1. The second-order valence-corrected chi connectivity index (χ2v) is 5.63. The van der Waals surface area contributed by atoms with Crippen molar-refractivity contribution in [2.24, 2.45) is 5.92 Å². The number of benzene rings is 1. The summed E-state index contributed by atoms with van der Waals surface area (Å²) >= 11 is 3.39. The van der Waals surface area contributed by atoms with E-state index in [4.69, 9.17) is 4.74 Å². The molecule has 0 aliphatic heterocycles. The summed E-state index contributed by atoms with van der Waals surface area (Å²) in [5.41, 5.74) is 0.187. The van der Waals surface area contributed by atoms with Gasteiger partial charge in [0.2, 0.25) is 0 Å². The fourth-order valence-electron chi connectivity index (χ4n) is 1.55. The van der Waals surface area contributed by atoms with Gasteiger partial charge in [0.25, 0.3) is 0 Å². The normalized spacial score (nSPS) is 14.1. The Morgan fingerprint density at radius 1 is 1.39 bits per heavy atom. The van der Waals surface area contributed by atoms with Crippen molar-refractivity contribution in [3.05, 3.63) is 28.7 Å². The van der Waals surface area contributed by atoms with Crippen molar-refractivity contribution < 1.29 is 9.53 Å². The van der Waals surface area contributed by atoms with Crippen LogP contribution >= 0.6 is 15.9 Å². The summed E-state index contributed by atoms with van der Waals surface area (Å²) in [5.74, 6) is -0.0943. The first-order valence-electron chi connectivity index (χ1n) is 6.11. The van der Waals surface area contributed by atoms with Gasteiger partial charge in [0.15, 0.2) is 0 Å². The topological polar surface area (TPSA) is 38.3 Å². The van der Waals surface area contributed by atoms with Crippen molar-refractivity contribution >= 4 is 27.6 Å². The molecule has 0 saturated carbocycles. The number of ether oxygens (including phenoxy) is 1. The molecule has 1 N–H and O–H groups in total. The highest BCUT2D eigenvalue weighted by Gasteiger charge is 2.38. The van der Waals surface area contributed by atoms with Crippen LogP contribution in [0.4, 0.5) is 5.69 Å². The molecule has 0 amide bonds. The lowest BCUT2D eigenvalue weighted by atomic mass is 9.88. The number of halogens is 1. The van der Waals surface area contributed by atoms with E-state index in [0.29, 0.717) is 6.61 Å². The quantitative estimate of drug-likeness (QED) is 0.839. The van der Waals surface area contributed by atoms with E-state index in [2.05, 4.69) is 21.2 Å². The van der Waals surface area contributed by atoms with E-state index in [-0.39, 0.29) is 11.9 Å². The number of nitrogens with one attached hydrogen (secondary N) is 1. The minimum absolute atomic E-state index is 0.125. The highest BCUT2D eigenvalue weighted by atomic mass is 79.9. The fraction of sp³-hybridized carbons (Fsp3) is 0.500. The van der Waals surface area contributed by atoms with Crippen LogP contribution in [-0.4, -0.2) is 18.1 Å². The summed E-state index contributed by atoms with van der Waals surface area (Å²) in [6.07, 6.45) is 0. The van der Waals surface area contributed by atoms with Gasteiger partial charge in [-0.1, -0.05) is 29.8 Å². The first kappa shape index (κ1) is 15.0. The predicted octanol–water partition coefficient (Wildman–Crippen LogP) is 3.84. The van der Waals surface area contributed by atoms with Crippen LogP contribution in [0, 0.1) is 5.92 Å². The number of anilines is 1. The molecule has 1 aromatic carbocycles. The van der Waals surface area contributed by atoms with Gasteiger partial charge in [-0.2, -0.15) is 0 Å². The van der Waals surface area contributed by atoms with Gasteiger partial charge < -0.3 is 10.1 Å². The van der Waals surface area contributed by atoms with E-state index in [1.807, 2.05) is 52.0 Å². The molecule has 1 unspecified atom stereocenters. The highest BCUT2D eigenvalue weighted by molar-refractivity contribution is 9.10. The molecule has 100 valence electrons.